The lowest BCUT2D eigenvalue weighted by molar-refractivity contribution is 0.256. The Balaban J connectivity index is 0.000000293. The third-order valence-corrected chi connectivity index (χ3v) is 6.13. The fourth-order valence-electron chi connectivity index (χ4n) is 2.52. The highest BCUT2D eigenvalue weighted by Crippen LogP contribution is 2.20. The highest BCUT2D eigenvalue weighted by molar-refractivity contribution is 7.90. The number of ether oxygens (including phenoxy) is 1. The number of aryl methyl sites for hydroxylation is 1. The molecule has 3 rings (SSSR count). The number of hydrogen-bond donors (Lipinski definition) is 4. The molecule has 2 heterocycles. The maximum atomic E-state index is 12.1. The Bertz CT molecular complexity index is 1470. The zero-order valence-electron chi connectivity index (χ0n) is 21.4. The third kappa shape index (κ3) is 9.96. The van der Waals surface area contributed by atoms with Crippen molar-refractivity contribution in [3.63, 3.8) is 0 Å². The number of methoxy groups -OCH3 is 1. The van der Waals surface area contributed by atoms with Gasteiger partial charge in [-0.15, -0.1) is 0 Å². The molecule has 0 aliphatic rings. The minimum Gasteiger partial charge on any atom is -0.467 e. The molecule has 0 atom stereocenters. The van der Waals surface area contributed by atoms with Crippen LogP contribution in [0.3, 0.4) is 0 Å². The number of hydrogen-bond acceptors (Lipinski definition) is 13. The summed E-state index contributed by atoms with van der Waals surface area (Å²) < 4.78 is 30.9. The molecule has 0 saturated heterocycles. The molecule has 0 bridgehead atoms. The first-order valence-electron chi connectivity index (χ1n) is 11.0. The highest BCUT2D eigenvalue weighted by Gasteiger charge is 2.21. The molecule has 2 amide bonds. The van der Waals surface area contributed by atoms with E-state index < -0.39 is 21.6 Å². The summed E-state index contributed by atoms with van der Waals surface area (Å²) in [5.74, 6) is 0.809. The number of anilines is 3. The average molecular weight is 598 g/mol. The van der Waals surface area contributed by atoms with Crippen LogP contribution in [0.5, 0.6) is 6.01 Å². The topological polar surface area (TPSA) is 210 Å². The molecule has 15 nitrogen and oxygen atoms in total. The summed E-state index contributed by atoms with van der Waals surface area (Å²) in [7, 11) is -2.78. The Morgan fingerprint density at radius 1 is 1.05 bits per heavy atom. The van der Waals surface area contributed by atoms with Crippen molar-refractivity contribution in [2.45, 2.75) is 38.1 Å². The fourth-order valence-corrected chi connectivity index (χ4v) is 4.11. The summed E-state index contributed by atoms with van der Waals surface area (Å²) >= 11 is 11.5. The van der Waals surface area contributed by atoms with Gasteiger partial charge in [0.05, 0.1) is 18.2 Å². The molecule has 1 aromatic carbocycles. The molecule has 18 heteroatoms. The van der Waals surface area contributed by atoms with Crippen molar-refractivity contribution < 1.29 is 17.9 Å². The lowest BCUT2D eigenvalue weighted by atomic mass is 10.1. The highest BCUT2D eigenvalue weighted by atomic mass is 35.5. The van der Waals surface area contributed by atoms with Gasteiger partial charge in [-0.3, -0.25) is 5.32 Å². The number of nitriles is 1. The van der Waals surface area contributed by atoms with Crippen molar-refractivity contribution in [2.24, 2.45) is 0 Å². The van der Waals surface area contributed by atoms with E-state index in [4.69, 9.17) is 33.2 Å². The van der Waals surface area contributed by atoms with Crippen LogP contribution in [0.25, 0.3) is 0 Å². The minimum atomic E-state index is -4.13. The number of halogens is 2. The van der Waals surface area contributed by atoms with Crippen LogP contribution in [0.15, 0.2) is 29.2 Å². The van der Waals surface area contributed by atoms with E-state index in [-0.39, 0.29) is 33.1 Å². The number of nitrogens with zero attached hydrogens (tertiary/aromatic N) is 7. The second-order valence-electron chi connectivity index (χ2n) is 7.83. The number of amides is 2. The van der Waals surface area contributed by atoms with Crippen LogP contribution < -0.4 is 25.4 Å². The van der Waals surface area contributed by atoms with Gasteiger partial charge in [-0.2, -0.15) is 35.2 Å². The summed E-state index contributed by atoms with van der Waals surface area (Å²) in [6, 6.07) is 6.75. The number of carbonyl (C=O) groups excluding carboxylic acids is 1. The van der Waals surface area contributed by atoms with Crippen LogP contribution in [0, 0.1) is 18.3 Å². The smallest absolute Gasteiger partial charge is 0.335 e. The standard InChI is InChI=1S/C12H12ClN5O4S.C9H13ClN6/c1-7-14-10(17-12(15-7)22-2)16-11(19)18-23(20,21)9-6-4-3-5-8(9)13;1-4-12-7-13-6(10)14-8(15-7)16-9(2,3)5-11/h3-6H,1-2H3,(H2,14,15,16,17,18,19);4H2,1-3H3,(H2,12,13,14,15,16). The monoisotopic (exact) mass is 597 g/mol. The van der Waals surface area contributed by atoms with Gasteiger partial charge in [0.1, 0.15) is 16.3 Å². The first-order valence-corrected chi connectivity index (χ1v) is 13.2. The predicted octanol–water partition coefficient (Wildman–Crippen LogP) is 3.02. The van der Waals surface area contributed by atoms with E-state index in [1.807, 2.05) is 11.6 Å². The van der Waals surface area contributed by atoms with Crippen molar-refractivity contribution in [3.8, 4) is 12.1 Å². The lowest BCUT2D eigenvalue weighted by Gasteiger charge is -2.17. The maximum absolute atomic E-state index is 12.1. The SMILES string of the molecule is CCNc1nc(Cl)nc(NC(C)(C)C#N)n1.COc1nc(C)nc(NC(=O)NS(=O)(=O)c2ccccc2Cl)n1. The van der Waals surface area contributed by atoms with Gasteiger partial charge in [-0.1, -0.05) is 23.7 Å². The normalized spacial score (nSPS) is 10.8. The van der Waals surface area contributed by atoms with Gasteiger partial charge < -0.3 is 15.4 Å². The van der Waals surface area contributed by atoms with Crippen LogP contribution in [0.4, 0.5) is 22.6 Å². The molecule has 0 aliphatic heterocycles. The van der Waals surface area contributed by atoms with Gasteiger partial charge in [0, 0.05) is 6.54 Å². The minimum absolute atomic E-state index is 0.00882. The number of aromatic nitrogens is 6. The predicted molar refractivity (Wildman–Crippen MR) is 144 cm³/mol. The van der Waals surface area contributed by atoms with Crippen LogP contribution >= 0.6 is 23.2 Å². The quantitative estimate of drug-likeness (QED) is 0.294. The van der Waals surface area contributed by atoms with Crippen LogP contribution in [-0.2, 0) is 10.0 Å². The number of benzene rings is 1. The first kappa shape index (κ1) is 31.1. The fraction of sp³-hybridized carbons (Fsp3) is 0.333. The summed E-state index contributed by atoms with van der Waals surface area (Å²) in [5, 5.41) is 16.9. The van der Waals surface area contributed by atoms with E-state index in [1.54, 1.807) is 26.8 Å². The van der Waals surface area contributed by atoms with Gasteiger partial charge in [0.25, 0.3) is 10.0 Å². The van der Waals surface area contributed by atoms with Gasteiger partial charge in [0.2, 0.25) is 23.1 Å². The van der Waals surface area contributed by atoms with Crippen LogP contribution in [-0.4, -0.2) is 63.5 Å². The lowest BCUT2D eigenvalue weighted by Crippen LogP contribution is -2.35. The van der Waals surface area contributed by atoms with Gasteiger partial charge in [0.15, 0.2) is 0 Å². The Hall–Kier alpha value is -4.07. The van der Waals surface area contributed by atoms with E-state index in [9.17, 15) is 13.2 Å². The molecule has 4 N–H and O–H groups in total. The molecule has 0 fully saturated rings. The molecule has 3 aromatic rings. The van der Waals surface area contributed by atoms with Crippen molar-refractivity contribution in [1.29, 1.82) is 5.26 Å². The summed E-state index contributed by atoms with van der Waals surface area (Å²) in [4.78, 5) is 34.9. The van der Waals surface area contributed by atoms with E-state index in [2.05, 4.69) is 51.9 Å². The number of rotatable bonds is 8. The number of sulfonamides is 1. The Morgan fingerprint density at radius 3 is 2.33 bits per heavy atom. The Kier molecular flexibility index (Phi) is 10.9. The molecule has 2 aromatic heterocycles. The van der Waals surface area contributed by atoms with E-state index in [1.165, 1.54) is 25.3 Å². The average Bonchev–Trinajstić information content (AvgIpc) is 2.83. The van der Waals surface area contributed by atoms with Crippen molar-refractivity contribution >= 4 is 57.1 Å². The number of nitrogens with one attached hydrogen (secondary N) is 4. The van der Waals surface area contributed by atoms with E-state index in [0.29, 0.717) is 18.3 Å². The Labute approximate surface area is 234 Å². The van der Waals surface area contributed by atoms with Crippen molar-refractivity contribution in [2.75, 3.05) is 29.6 Å². The molecule has 0 aliphatic carbocycles. The van der Waals surface area contributed by atoms with Crippen LogP contribution in [0.1, 0.15) is 26.6 Å². The second-order valence-corrected chi connectivity index (χ2v) is 10.2. The van der Waals surface area contributed by atoms with Crippen LogP contribution in [0.2, 0.25) is 10.3 Å². The summed E-state index contributed by atoms with van der Waals surface area (Å²) in [6.07, 6.45) is 0. The van der Waals surface area contributed by atoms with Gasteiger partial charge in [-0.25, -0.2) is 17.9 Å². The zero-order valence-corrected chi connectivity index (χ0v) is 23.8. The molecular formula is C21H25Cl2N11O4S. The summed E-state index contributed by atoms with van der Waals surface area (Å²) in [6.45, 7) is 7.61. The zero-order chi connectivity index (χ0) is 29.2. The molecule has 208 valence electrons. The van der Waals surface area contributed by atoms with E-state index in [0.717, 1.165) is 0 Å². The maximum Gasteiger partial charge on any atom is 0.335 e. The van der Waals surface area contributed by atoms with E-state index >= 15 is 0 Å². The van der Waals surface area contributed by atoms with Gasteiger partial charge >= 0.3 is 12.0 Å². The largest absolute Gasteiger partial charge is 0.467 e. The molecule has 0 radical (unpaired) electrons. The first-order chi connectivity index (χ1) is 18.3. The molecule has 39 heavy (non-hydrogen) atoms. The molecule has 0 unspecified atom stereocenters. The van der Waals surface area contributed by atoms with Crippen molar-refractivity contribution in [1.82, 2.24) is 34.6 Å². The third-order valence-electron chi connectivity index (χ3n) is 4.13. The van der Waals surface area contributed by atoms with Crippen molar-refractivity contribution in [3.05, 3.63) is 40.4 Å². The number of urea groups is 1. The molecule has 0 saturated carbocycles. The van der Waals surface area contributed by atoms with Gasteiger partial charge in [-0.05, 0) is 51.4 Å². The summed E-state index contributed by atoms with van der Waals surface area (Å²) in [5.41, 5.74) is -0.756. The molecular weight excluding hydrogens is 573 g/mol. The Morgan fingerprint density at radius 2 is 1.72 bits per heavy atom. The second kappa shape index (κ2) is 13.6. The molecule has 0 spiro atoms. The number of carbonyl (C=O) groups is 1.